The highest BCUT2D eigenvalue weighted by atomic mass is 35.5. The Morgan fingerprint density at radius 1 is 0.865 bits per heavy atom. The summed E-state index contributed by atoms with van der Waals surface area (Å²) in [7, 11) is 0. The van der Waals surface area contributed by atoms with Gasteiger partial charge in [0.15, 0.2) is 5.75 Å². The van der Waals surface area contributed by atoms with Crippen molar-refractivity contribution in [2.24, 2.45) is 5.73 Å². The van der Waals surface area contributed by atoms with E-state index >= 15 is 0 Å². The first-order valence-corrected chi connectivity index (χ1v) is 11.4. The molecule has 0 aliphatic heterocycles. The number of rotatable bonds is 8. The molecule has 0 unspecified atom stereocenters. The molecule has 0 fully saturated rings. The number of nitrogens with one attached hydrogen (secondary N) is 1. The summed E-state index contributed by atoms with van der Waals surface area (Å²) in [4.78, 5) is 35.6. The van der Waals surface area contributed by atoms with Crippen LogP contribution in [0, 0.1) is 5.82 Å². The van der Waals surface area contributed by atoms with E-state index in [9.17, 15) is 18.8 Å². The first kappa shape index (κ1) is 25.4. The molecular weight excluding hydrogens is 499 g/mol. The highest BCUT2D eigenvalue weighted by Gasteiger charge is 2.14. The van der Waals surface area contributed by atoms with Crippen molar-refractivity contribution in [2.75, 3.05) is 5.32 Å². The molecule has 0 aromatic heterocycles. The maximum Gasteiger partial charge on any atom is 0.335 e. The third-order valence-corrected chi connectivity index (χ3v) is 5.59. The van der Waals surface area contributed by atoms with Crippen LogP contribution in [0.25, 0.3) is 11.1 Å². The number of hydrogen-bond acceptors (Lipinski definition) is 4. The monoisotopic (exact) mass is 518 g/mol. The highest BCUT2D eigenvalue weighted by Crippen LogP contribution is 2.35. The van der Waals surface area contributed by atoms with Crippen molar-refractivity contribution < 1.29 is 28.6 Å². The molecule has 0 spiro atoms. The Morgan fingerprint density at radius 3 is 2.22 bits per heavy atom. The molecule has 4 N–H and O–H groups in total. The van der Waals surface area contributed by atoms with Crippen LogP contribution in [0.3, 0.4) is 0 Å². The zero-order chi connectivity index (χ0) is 26.5. The molecule has 9 heteroatoms. The lowest BCUT2D eigenvalue weighted by Gasteiger charge is -2.15. The smallest absolute Gasteiger partial charge is 0.335 e. The zero-order valence-electron chi connectivity index (χ0n) is 19.2. The van der Waals surface area contributed by atoms with Crippen LogP contribution in [0.15, 0.2) is 84.9 Å². The van der Waals surface area contributed by atoms with Crippen molar-refractivity contribution in [1.29, 1.82) is 0 Å². The van der Waals surface area contributed by atoms with Crippen LogP contribution in [0.1, 0.15) is 26.3 Å². The van der Waals surface area contributed by atoms with Crippen molar-refractivity contribution in [3.63, 3.8) is 0 Å². The summed E-state index contributed by atoms with van der Waals surface area (Å²) in [6, 6.07) is 21.1. The predicted octanol–water partition coefficient (Wildman–Crippen LogP) is 5.92. The number of carboxylic acids is 1. The molecule has 186 valence electrons. The van der Waals surface area contributed by atoms with Crippen molar-refractivity contribution >= 4 is 35.1 Å². The van der Waals surface area contributed by atoms with E-state index in [2.05, 4.69) is 5.32 Å². The number of ether oxygens (including phenoxy) is 1. The lowest BCUT2D eigenvalue weighted by Crippen LogP contribution is -2.15. The maximum absolute atomic E-state index is 13.3. The van der Waals surface area contributed by atoms with E-state index in [0.29, 0.717) is 38.9 Å². The van der Waals surface area contributed by atoms with E-state index < -0.39 is 17.7 Å². The fraction of sp³-hybridized carbons (Fsp3) is 0.0357. The highest BCUT2D eigenvalue weighted by molar-refractivity contribution is 6.31. The van der Waals surface area contributed by atoms with Crippen LogP contribution in [0.2, 0.25) is 5.02 Å². The minimum atomic E-state index is -1.06. The van der Waals surface area contributed by atoms with Crippen molar-refractivity contribution in [3.05, 3.63) is 112 Å². The van der Waals surface area contributed by atoms with E-state index in [1.165, 1.54) is 42.5 Å². The van der Waals surface area contributed by atoms with Gasteiger partial charge in [-0.1, -0.05) is 29.8 Å². The largest absolute Gasteiger partial charge is 0.478 e. The molecule has 37 heavy (non-hydrogen) atoms. The van der Waals surface area contributed by atoms with Crippen LogP contribution >= 0.6 is 11.6 Å². The van der Waals surface area contributed by atoms with Gasteiger partial charge in [-0.2, -0.15) is 0 Å². The SMILES string of the molecule is NC(=O)c1cc(Cl)cc(-c2ccc(Oc3ccc(F)cc3)c(NC(=O)Cc3ccc(C(=O)O)cc3)c2)c1. The number of hydrogen-bond donors (Lipinski definition) is 3. The Labute approximate surface area is 216 Å². The summed E-state index contributed by atoms with van der Waals surface area (Å²) >= 11 is 6.17. The molecule has 2 amide bonds. The van der Waals surface area contributed by atoms with Crippen LogP contribution in [-0.2, 0) is 11.2 Å². The number of aromatic carboxylic acids is 1. The molecule has 0 heterocycles. The summed E-state index contributed by atoms with van der Waals surface area (Å²) in [5, 5.41) is 12.2. The van der Waals surface area contributed by atoms with Crippen LogP contribution < -0.4 is 15.8 Å². The van der Waals surface area contributed by atoms with Gasteiger partial charge in [0, 0.05) is 10.6 Å². The molecule has 0 radical (unpaired) electrons. The van der Waals surface area contributed by atoms with Gasteiger partial charge in [-0.25, -0.2) is 9.18 Å². The molecule has 4 aromatic rings. The minimum Gasteiger partial charge on any atom is -0.478 e. The Kier molecular flexibility index (Phi) is 7.50. The molecule has 7 nitrogen and oxygen atoms in total. The van der Waals surface area contributed by atoms with Gasteiger partial charge in [-0.3, -0.25) is 9.59 Å². The van der Waals surface area contributed by atoms with Gasteiger partial charge in [-0.15, -0.1) is 0 Å². The van der Waals surface area contributed by atoms with Crippen LogP contribution in [0.5, 0.6) is 11.5 Å². The zero-order valence-corrected chi connectivity index (χ0v) is 20.0. The number of amides is 2. The second-order valence-electron chi connectivity index (χ2n) is 8.09. The fourth-order valence-electron chi connectivity index (χ4n) is 3.57. The number of carboxylic acid groups (broad SMARTS) is 1. The minimum absolute atomic E-state index is 0.0247. The lowest BCUT2D eigenvalue weighted by atomic mass is 10.0. The van der Waals surface area contributed by atoms with Gasteiger partial charge in [0.05, 0.1) is 17.7 Å². The summed E-state index contributed by atoms with van der Waals surface area (Å²) in [5.74, 6) is -1.85. The number of halogens is 2. The Morgan fingerprint density at radius 2 is 1.57 bits per heavy atom. The number of carbonyl (C=O) groups is 3. The van der Waals surface area contributed by atoms with Gasteiger partial charge >= 0.3 is 5.97 Å². The Bertz CT molecular complexity index is 1490. The van der Waals surface area contributed by atoms with E-state index in [-0.39, 0.29) is 23.5 Å². The molecule has 0 saturated heterocycles. The quantitative estimate of drug-likeness (QED) is 0.267. The van der Waals surface area contributed by atoms with Gasteiger partial charge in [0.1, 0.15) is 11.6 Å². The third kappa shape index (κ3) is 6.50. The summed E-state index contributed by atoms with van der Waals surface area (Å²) < 4.78 is 19.2. The second-order valence-corrected chi connectivity index (χ2v) is 8.52. The van der Waals surface area contributed by atoms with Crippen LogP contribution in [-0.4, -0.2) is 22.9 Å². The number of carbonyl (C=O) groups excluding carboxylic acids is 2. The summed E-state index contributed by atoms with van der Waals surface area (Å²) in [6.07, 6.45) is -0.0247. The number of nitrogens with two attached hydrogens (primary N) is 1. The first-order chi connectivity index (χ1) is 17.7. The first-order valence-electron chi connectivity index (χ1n) is 11.0. The second kappa shape index (κ2) is 10.9. The number of benzene rings is 4. The van der Waals surface area contributed by atoms with Gasteiger partial charge < -0.3 is 20.9 Å². The van der Waals surface area contributed by atoms with Gasteiger partial charge in [0.25, 0.3) is 0 Å². The van der Waals surface area contributed by atoms with E-state index in [1.54, 1.807) is 42.5 Å². The molecule has 0 atom stereocenters. The molecule has 0 aliphatic rings. The number of anilines is 1. The molecule has 0 bridgehead atoms. The summed E-state index contributed by atoms with van der Waals surface area (Å²) in [6.45, 7) is 0. The number of primary amides is 1. The van der Waals surface area contributed by atoms with Crippen LogP contribution in [0.4, 0.5) is 10.1 Å². The van der Waals surface area contributed by atoms with E-state index in [1.807, 2.05) is 0 Å². The maximum atomic E-state index is 13.3. The fourth-order valence-corrected chi connectivity index (χ4v) is 3.80. The third-order valence-electron chi connectivity index (χ3n) is 5.38. The molecule has 0 saturated carbocycles. The van der Waals surface area contributed by atoms with Gasteiger partial charge in [-0.05, 0) is 83.4 Å². The topological polar surface area (TPSA) is 119 Å². The van der Waals surface area contributed by atoms with E-state index in [0.717, 1.165) is 0 Å². The van der Waals surface area contributed by atoms with Crippen molar-refractivity contribution in [2.45, 2.75) is 6.42 Å². The Hall–Kier alpha value is -4.69. The summed E-state index contributed by atoms with van der Waals surface area (Å²) in [5.41, 5.74) is 7.89. The lowest BCUT2D eigenvalue weighted by molar-refractivity contribution is -0.115. The standard InChI is InChI=1S/C28H20ClFN2O5/c29-21-13-19(12-20(14-21)27(31)34)18-5-10-25(37-23-8-6-22(30)7-9-23)24(15-18)32-26(33)11-16-1-3-17(4-2-16)28(35)36/h1-10,12-15H,11H2,(H2,31,34)(H,32,33)(H,35,36). The predicted molar refractivity (Wildman–Crippen MR) is 138 cm³/mol. The molecule has 4 rings (SSSR count). The normalized spacial score (nSPS) is 10.5. The molecular formula is C28H20ClFN2O5. The van der Waals surface area contributed by atoms with Crippen molar-refractivity contribution in [1.82, 2.24) is 0 Å². The average Bonchev–Trinajstić information content (AvgIpc) is 2.86. The van der Waals surface area contributed by atoms with Crippen molar-refractivity contribution in [3.8, 4) is 22.6 Å². The molecule has 0 aliphatic carbocycles. The average molecular weight is 519 g/mol. The Balaban J connectivity index is 1.66. The molecule has 4 aromatic carbocycles. The van der Waals surface area contributed by atoms with Gasteiger partial charge in [0.2, 0.25) is 11.8 Å². The van der Waals surface area contributed by atoms with E-state index in [4.69, 9.17) is 27.2 Å².